The predicted molar refractivity (Wildman–Crippen MR) is 146 cm³/mol. The molecule has 1 amide bonds. The maximum Gasteiger partial charge on any atom is 0.254 e. The van der Waals surface area contributed by atoms with Crippen molar-refractivity contribution in [2.45, 2.75) is 32.4 Å². The third kappa shape index (κ3) is 4.31. The summed E-state index contributed by atoms with van der Waals surface area (Å²) in [6, 6.07) is 18.5. The van der Waals surface area contributed by atoms with Gasteiger partial charge in [-0.25, -0.2) is 9.37 Å². The Balaban J connectivity index is 1.43. The summed E-state index contributed by atoms with van der Waals surface area (Å²) in [4.78, 5) is 20.0. The van der Waals surface area contributed by atoms with Crippen LogP contribution in [-0.4, -0.2) is 51.0 Å². The minimum absolute atomic E-state index is 0.0195. The van der Waals surface area contributed by atoms with Crippen LogP contribution in [0.4, 0.5) is 4.39 Å². The number of imidazole rings is 1. The number of carbonyl (C=O) groups is 1. The van der Waals surface area contributed by atoms with E-state index in [1.165, 1.54) is 6.07 Å². The molecule has 1 aliphatic rings. The maximum absolute atomic E-state index is 14.3. The summed E-state index contributed by atoms with van der Waals surface area (Å²) < 4.78 is 23.7. The zero-order valence-corrected chi connectivity index (χ0v) is 21.5. The standard InChI is InChI=1S/C30H30FN5O2/c1-19-29(33-28-15-22(11-13-35(19)28)30(37)34-12-3-4-24(32)18-34)27-14-21-7-8-23(31)16-26(21)36(27)17-20-5-9-25(38-2)10-6-20/h5-11,13-16,24H,3-4,12,17-18,32H2,1-2H3/t24-/m1/s1. The van der Waals surface area contributed by atoms with Crippen LogP contribution >= 0.6 is 0 Å². The molecule has 7 nitrogen and oxygen atoms in total. The highest BCUT2D eigenvalue weighted by atomic mass is 19.1. The Kier molecular flexibility index (Phi) is 6.12. The molecular formula is C30H30FN5O2. The molecule has 194 valence electrons. The van der Waals surface area contributed by atoms with Crippen molar-refractivity contribution in [1.29, 1.82) is 0 Å². The van der Waals surface area contributed by atoms with Gasteiger partial charge in [-0.3, -0.25) is 4.79 Å². The van der Waals surface area contributed by atoms with Gasteiger partial charge in [0.05, 0.1) is 18.3 Å². The third-order valence-electron chi connectivity index (χ3n) is 7.47. The molecule has 1 saturated heterocycles. The molecule has 2 N–H and O–H groups in total. The highest BCUT2D eigenvalue weighted by Gasteiger charge is 2.24. The molecule has 1 aliphatic heterocycles. The number of carbonyl (C=O) groups excluding carboxylic acids is 1. The van der Waals surface area contributed by atoms with Gasteiger partial charge in [0.25, 0.3) is 5.91 Å². The quantitative estimate of drug-likeness (QED) is 0.359. The van der Waals surface area contributed by atoms with E-state index in [-0.39, 0.29) is 17.8 Å². The number of likely N-dealkylation sites (tertiary alicyclic amines) is 1. The molecule has 1 fully saturated rings. The summed E-state index contributed by atoms with van der Waals surface area (Å²) in [6.07, 6.45) is 3.76. The van der Waals surface area contributed by atoms with Crippen LogP contribution in [0.2, 0.25) is 0 Å². The van der Waals surface area contributed by atoms with E-state index in [1.54, 1.807) is 19.2 Å². The molecule has 6 rings (SSSR count). The number of aryl methyl sites for hydroxylation is 1. The van der Waals surface area contributed by atoms with Crippen molar-refractivity contribution in [3.8, 4) is 17.1 Å². The van der Waals surface area contributed by atoms with E-state index in [9.17, 15) is 9.18 Å². The molecule has 0 unspecified atom stereocenters. The summed E-state index contributed by atoms with van der Waals surface area (Å²) >= 11 is 0. The lowest BCUT2D eigenvalue weighted by atomic mass is 10.1. The first-order chi connectivity index (χ1) is 18.4. The number of fused-ring (bicyclic) bond motifs is 2. The Hall–Kier alpha value is -4.17. The summed E-state index contributed by atoms with van der Waals surface area (Å²) in [5, 5.41) is 0.934. The number of amides is 1. The minimum Gasteiger partial charge on any atom is -0.497 e. The first kappa shape index (κ1) is 24.2. The summed E-state index contributed by atoms with van der Waals surface area (Å²) in [6.45, 7) is 3.85. The zero-order chi connectivity index (χ0) is 26.4. The Morgan fingerprint density at radius 3 is 2.71 bits per heavy atom. The van der Waals surface area contributed by atoms with Gasteiger partial charge in [0.2, 0.25) is 0 Å². The van der Waals surface area contributed by atoms with E-state index in [0.717, 1.165) is 58.7 Å². The Morgan fingerprint density at radius 2 is 1.95 bits per heavy atom. The van der Waals surface area contributed by atoms with Gasteiger partial charge < -0.3 is 24.3 Å². The number of hydrogen-bond acceptors (Lipinski definition) is 4. The summed E-state index contributed by atoms with van der Waals surface area (Å²) in [5.74, 6) is 0.477. The molecule has 38 heavy (non-hydrogen) atoms. The number of aromatic nitrogens is 3. The second-order valence-corrected chi connectivity index (χ2v) is 10.0. The highest BCUT2D eigenvalue weighted by Crippen LogP contribution is 2.32. The van der Waals surface area contributed by atoms with Gasteiger partial charge in [0.15, 0.2) is 0 Å². The predicted octanol–water partition coefficient (Wildman–Crippen LogP) is 5.02. The lowest BCUT2D eigenvalue weighted by Gasteiger charge is -2.30. The second kappa shape index (κ2) is 9.61. The van der Waals surface area contributed by atoms with Crippen LogP contribution in [0, 0.1) is 12.7 Å². The Labute approximate surface area is 220 Å². The van der Waals surface area contributed by atoms with Gasteiger partial charge in [-0.15, -0.1) is 0 Å². The molecule has 0 spiro atoms. The third-order valence-corrected chi connectivity index (χ3v) is 7.47. The molecule has 0 radical (unpaired) electrons. The van der Waals surface area contributed by atoms with Crippen molar-refractivity contribution in [3.05, 3.63) is 89.5 Å². The van der Waals surface area contributed by atoms with Crippen LogP contribution in [0.15, 0.2) is 66.9 Å². The van der Waals surface area contributed by atoms with Gasteiger partial charge in [-0.2, -0.15) is 0 Å². The number of nitrogens with zero attached hydrogens (tertiary/aromatic N) is 4. The van der Waals surface area contributed by atoms with E-state index in [2.05, 4.69) is 4.57 Å². The Bertz CT molecular complexity index is 1650. The summed E-state index contributed by atoms with van der Waals surface area (Å²) in [5.41, 5.74) is 11.9. The van der Waals surface area contributed by atoms with Crippen molar-refractivity contribution in [2.75, 3.05) is 20.2 Å². The number of piperidine rings is 1. The first-order valence-corrected chi connectivity index (χ1v) is 12.9. The molecule has 4 heterocycles. The number of hydrogen-bond donors (Lipinski definition) is 1. The number of ether oxygens (including phenoxy) is 1. The van der Waals surface area contributed by atoms with Gasteiger partial charge in [0, 0.05) is 48.5 Å². The fourth-order valence-corrected chi connectivity index (χ4v) is 5.43. The number of methoxy groups -OCH3 is 1. The van der Waals surface area contributed by atoms with E-state index < -0.39 is 0 Å². The maximum atomic E-state index is 14.3. The van der Waals surface area contributed by atoms with Gasteiger partial charge in [0.1, 0.15) is 22.9 Å². The van der Waals surface area contributed by atoms with Crippen LogP contribution < -0.4 is 10.5 Å². The fourth-order valence-electron chi connectivity index (χ4n) is 5.43. The molecule has 0 bridgehead atoms. The van der Waals surface area contributed by atoms with E-state index >= 15 is 0 Å². The zero-order valence-electron chi connectivity index (χ0n) is 21.5. The number of halogens is 1. The van der Waals surface area contributed by atoms with Crippen molar-refractivity contribution in [3.63, 3.8) is 0 Å². The van der Waals surface area contributed by atoms with Gasteiger partial charge >= 0.3 is 0 Å². The van der Waals surface area contributed by atoms with Crippen molar-refractivity contribution < 1.29 is 13.9 Å². The number of rotatable bonds is 5. The van der Waals surface area contributed by atoms with Crippen LogP contribution in [0.3, 0.4) is 0 Å². The SMILES string of the molecule is COc1ccc(Cn2c(-c3nc4cc(C(=O)N5CCC[C@@H](N)C5)ccn4c3C)cc3ccc(F)cc32)cc1. The van der Waals surface area contributed by atoms with Crippen LogP contribution in [0.5, 0.6) is 5.75 Å². The molecule has 0 aliphatic carbocycles. The minimum atomic E-state index is -0.287. The van der Waals surface area contributed by atoms with Gasteiger partial charge in [-0.05, 0) is 73.9 Å². The van der Waals surface area contributed by atoms with E-state index in [4.69, 9.17) is 15.5 Å². The lowest BCUT2D eigenvalue weighted by Crippen LogP contribution is -2.45. The normalized spacial score (nSPS) is 15.9. The monoisotopic (exact) mass is 511 g/mol. The van der Waals surface area contributed by atoms with E-state index in [0.29, 0.717) is 24.3 Å². The van der Waals surface area contributed by atoms with Gasteiger partial charge in [-0.1, -0.05) is 12.1 Å². The van der Waals surface area contributed by atoms with Crippen molar-refractivity contribution in [1.82, 2.24) is 18.9 Å². The van der Waals surface area contributed by atoms with Crippen LogP contribution in [0.25, 0.3) is 27.9 Å². The average molecular weight is 512 g/mol. The number of benzene rings is 2. The largest absolute Gasteiger partial charge is 0.497 e. The van der Waals surface area contributed by atoms with Crippen LogP contribution in [0.1, 0.15) is 34.5 Å². The molecule has 0 saturated carbocycles. The summed E-state index contributed by atoms with van der Waals surface area (Å²) in [7, 11) is 1.64. The molecule has 2 aromatic carbocycles. The smallest absolute Gasteiger partial charge is 0.254 e. The Morgan fingerprint density at radius 1 is 1.13 bits per heavy atom. The van der Waals surface area contributed by atoms with E-state index in [1.807, 2.05) is 64.9 Å². The highest BCUT2D eigenvalue weighted by molar-refractivity contribution is 5.95. The van der Waals surface area contributed by atoms with Crippen molar-refractivity contribution in [2.24, 2.45) is 5.73 Å². The molecule has 8 heteroatoms. The molecule has 1 atom stereocenters. The first-order valence-electron chi connectivity index (χ1n) is 12.9. The average Bonchev–Trinajstić information content (AvgIpc) is 3.45. The fraction of sp³-hybridized carbons (Fsp3) is 0.267. The molecule has 5 aromatic rings. The van der Waals surface area contributed by atoms with Crippen LogP contribution in [-0.2, 0) is 6.54 Å². The second-order valence-electron chi connectivity index (χ2n) is 10.0. The molecule has 3 aromatic heterocycles. The topological polar surface area (TPSA) is 77.8 Å². The number of pyridine rings is 1. The lowest BCUT2D eigenvalue weighted by molar-refractivity contribution is 0.0709. The number of nitrogens with two attached hydrogens (primary N) is 1. The van der Waals surface area contributed by atoms with Crippen molar-refractivity contribution >= 4 is 22.5 Å². The molecular weight excluding hydrogens is 481 g/mol.